The van der Waals surface area contributed by atoms with E-state index in [0.717, 1.165) is 17.9 Å². The molecule has 0 fully saturated rings. The molecule has 2 heterocycles. The van der Waals surface area contributed by atoms with Gasteiger partial charge in [0.05, 0.1) is 5.69 Å². The zero-order valence-electron chi connectivity index (χ0n) is 9.81. The van der Waals surface area contributed by atoms with Gasteiger partial charge in [-0.05, 0) is 6.42 Å². The summed E-state index contributed by atoms with van der Waals surface area (Å²) in [5.74, 6) is 0.718. The van der Waals surface area contributed by atoms with Gasteiger partial charge in [-0.1, -0.05) is 18.5 Å². The van der Waals surface area contributed by atoms with Crippen LogP contribution in [0, 0.1) is 0 Å². The molecular formula is C11H14ClN5. The van der Waals surface area contributed by atoms with Gasteiger partial charge in [-0.3, -0.25) is 4.68 Å². The number of anilines is 1. The van der Waals surface area contributed by atoms with Crippen molar-refractivity contribution in [3.63, 3.8) is 0 Å². The van der Waals surface area contributed by atoms with E-state index in [2.05, 4.69) is 27.3 Å². The van der Waals surface area contributed by atoms with Crippen LogP contribution in [0.2, 0.25) is 5.15 Å². The van der Waals surface area contributed by atoms with Crippen LogP contribution in [0.15, 0.2) is 18.6 Å². The average molecular weight is 252 g/mol. The first kappa shape index (κ1) is 11.9. The smallest absolute Gasteiger partial charge is 0.134 e. The highest BCUT2D eigenvalue weighted by atomic mass is 35.5. The van der Waals surface area contributed by atoms with Crippen molar-refractivity contribution in [2.45, 2.75) is 19.9 Å². The molecule has 0 unspecified atom stereocenters. The van der Waals surface area contributed by atoms with E-state index >= 15 is 0 Å². The molecule has 0 amide bonds. The van der Waals surface area contributed by atoms with Gasteiger partial charge in [0.2, 0.25) is 0 Å². The summed E-state index contributed by atoms with van der Waals surface area (Å²) in [4.78, 5) is 7.91. The predicted molar refractivity (Wildman–Crippen MR) is 67.0 cm³/mol. The Morgan fingerprint density at radius 2 is 2.24 bits per heavy atom. The average Bonchev–Trinajstić information content (AvgIpc) is 2.67. The van der Waals surface area contributed by atoms with Crippen LogP contribution in [0.3, 0.4) is 0 Å². The fraction of sp³-hybridized carbons (Fsp3) is 0.364. The zero-order valence-corrected chi connectivity index (χ0v) is 10.6. The molecule has 0 aliphatic heterocycles. The third kappa shape index (κ3) is 2.94. The molecule has 0 atom stereocenters. The second-order valence-electron chi connectivity index (χ2n) is 3.71. The van der Waals surface area contributed by atoms with E-state index in [9.17, 15) is 0 Å². The molecule has 5 nitrogen and oxygen atoms in total. The summed E-state index contributed by atoms with van der Waals surface area (Å²) in [6.07, 6.45) is 4.37. The largest absolute Gasteiger partial charge is 0.366 e. The van der Waals surface area contributed by atoms with Gasteiger partial charge in [0, 0.05) is 31.4 Å². The van der Waals surface area contributed by atoms with E-state index in [1.807, 2.05) is 17.9 Å². The summed E-state index contributed by atoms with van der Waals surface area (Å²) in [5, 5.41) is 8.01. The number of hydrogen-bond acceptors (Lipinski definition) is 4. The van der Waals surface area contributed by atoms with Crippen LogP contribution < -0.4 is 5.32 Å². The molecular weight excluding hydrogens is 238 g/mol. The Labute approximate surface area is 105 Å². The minimum Gasteiger partial charge on any atom is -0.366 e. The van der Waals surface area contributed by atoms with Crippen molar-refractivity contribution in [1.29, 1.82) is 0 Å². The first-order chi connectivity index (χ1) is 8.19. The molecule has 0 aliphatic carbocycles. The van der Waals surface area contributed by atoms with Crippen molar-refractivity contribution >= 4 is 17.4 Å². The number of aryl methyl sites for hydroxylation is 2. The van der Waals surface area contributed by atoms with Crippen molar-refractivity contribution in [3.8, 4) is 0 Å². The zero-order chi connectivity index (χ0) is 12.3. The van der Waals surface area contributed by atoms with Crippen LogP contribution in [-0.4, -0.2) is 19.7 Å². The van der Waals surface area contributed by atoms with Gasteiger partial charge in [0.1, 0.15) is 17.3 Å². The fourth-order valence-electron chi connectivity index (χ4n) is 1.65. The maximum absolute atomic E-state index is 5.78. The highest BCUT2D eigenvalue weighted by molar-refractivity contribution is 6.29. The maximum Gasteiger partial charge on any atom is 0.134 e. The molecule has 2 aromatic rings. The lowest BCUT2D eigenvalue weighted by atomic mass is 10.2. The Bertz CT molecular complexity index is 508. The number of rotatable bonds is 4. The van der Waals surface area contributed by atoms with Crippen LogP contribution in [0.4, 0.5) is 5.82 Å². The summed E-state index contributed by atoms with van der Waals surface area (Å²) < 4.78 is 1.82. The molecule has 0 spiro atoms. The SMILES string of the molecule is CCc1nn(C)cc1CNc1cc(Cl)ncn1. The summed E-state index contributed by atoms with van der Waals surface area (Å²) in [7, 11) is 1.92. The Morgan fingerprint density at radius 1 is 1.41 bits per heavy atom. The summed E-state index contributed by atoms with van der Waals surface area (Å²) in [6.45, 7) is 2.78. The first-order valence-corrected chi connectivity index (χ1v) is 5.79. The maximum atomic E-state index is 5.78. The molecule has 0 saturated carbocycles. The Balaban J connectivity index is 2.06. The molecule has 0 bridgehead atoms. The van der Waals surface area contributed by atoms with Crippen molar-refractivity contribution in [2.24, 2.45) is 7.05 Å². The summed E-state index contributed by atoms with van der Waals surface area (Å²) in [5.41, 5.74) is 2.27. The molecule has 0 saturated heterocycles. The Kier molecular flexibility index (Phi) is 3.58. The third-order valence-corrected chi connectivity index (χ3v) is 2.63. The summed E-state index contributed by atoms with van der Waals surface area (Å²) >= 11 is 5.78. The van der Waals surface area contributed by atoms with Crippen LogP contribution in [0.25, 0.3) is 0 Å². The van der Waals surface area contributed by atoms with Gasteiger partial charge in [0.25, 0.3) is 0 Å². The number of nitrogens with zero attached hydrogens (tertiary/aromatic N) is 4. The van der Waals surface area contributed by atoms with E-state index in [1.165, 1.54) is 11.9 Å². The molecule has 1 N–H and O–H groups in total. The van der Waals surface area contributed by atoms with Crippen LogP contribution in [0.5, 0.6) is 0 Å². The van der Waals surface area contributed by atoms with Gasteiger partial charge in [-0.15, -0.1) is 0 Å². The van der Waals surface area contributed by atoms with Gasteiger partial charge < -0.3 is 5.32 Å². The van der Waals surface area contributed by atoms with Crippen molar-refractivity contribution in [1.82, 2.24) is 19.7 Å². The molecule has 0 aromatic carbocycles. The van der Waals surface area contributed by atoms with Gasteiger partial charge in [0.15, 0.2) is 0 Å². The van der Waals surface area contributed by atoms with Gasteiger partial charge in [-0.25, -0.2) is 9.97 Å². The highest BCUT2D eigenvalue weighted by Gasteiger charge is 2.05. The Morgan fingerprint density at radius 3 is 2.94 bits per heavy atom. The number of aromatic nitrogens is 4. The predicted octanol–water partition coefficient (Wildman–Crippen LogP) is 2.04. The molecule has 0 radical (unpaired) electrons. The highest BCUT2D eigenvalue weighted by Crippen LogP contribution is 2.12. The molecule has 90 valence electrons. The lowest BCUT2D eigenvalue weighted by Crippen LogP contribution is -2.02. The molecule has 2 aromatic heterocycles. The standard InChI is InChI=1S/C11H14ClN5/c1-3-9-8(6-17(2)16-9)5-13-11-4-10(12)14-7-15-11/h4,6-7H,3,5H2,1-2H3,(H,13,14,15). The van der Waals surface area contributed by atoms with Crippen LogP contribution >= 0.6 is 11.6 Å². The quantitative estimate of drug-likeness (QED) is 0.845. The summed E-state index contributed by atoms with van der Waals surface area (Å²) in [6, 6.07) is 1.70. The molecule has 2 rings (SSSR count). The number of halogens is 1. The first-order valence-electron chi connectivity index (χ1n) is 5.42. The lowest BCUT2D eigenvalue weighted by Gasteiger charge is -2.04. The monoisotopic (exact) mass is 251 g/mol. The Hall–Kier alpha value is -1.62. The van der Waals surface area contributed by atoms with Gasteiger partial charge in [-0.2, -0.15) is 5.10 Å². The molecule has 17 heavy (non-hydrogen) atoms. The molecule has 0 aliphatic rings. The van der Waals surface area contributed by atoms with Crippen molar-refractivity contribution < 1.29 is 0 Å². The second kappa shape index (κ2) is 5.14. The fourth-order valence-corrected chi connectivity index (χ4v) is 1.79. The van der Waals surface area contributed by atoms with Crippen molar-refractivity contribution in [2.75, 3.05) is 5.32 Å². The molecule has 6 heteroatoms. The minimum atomic E-state index is 0.435. The normalized spacial score (nSPS) is 10.5. The van der Waals surface area contributed by atoms with E-state index in [0.29, 0.717) is 11.7 Å². The van der Waals surface area contributed by atoms with E-state index in [4.69, 9.17) is 11.6 Å². The van der Waals surface area contributed by atoms with E-state index in [1.54, 1.807) is 6.07 Å². The van der Waals surface area contributed by atoms with E-state index < -0.39 is 0 Å². The van der Waals surface area contributed by atoms with E-state index in [-0.39, 0.29) is 0 Å². The lowest BCUT2D eigenvalue weighted by molar-refractivity contribution is 0.746. The van der Waals surface area contributed by atoms with Crippen molar-refractivity contribution in [3.05, 3.63) is 35.0 Å². The number of hydrogen-bond donors (Lipinski definition) is 1. The third-order valence-electron chi connectivity index (χ3n) is 2.42. The van der Waals surface area contributed by atoms with Crippen LogP contribution in [-0.2, 0) is 20.0 Å². The van der Waals surface area contributed by atoms with Gasteiger partial charge >= 0.3 is 0 Å². The minimum absolute atomic E-state index is 0.435. The van der Waals surface area contributed by atoms with Crippen LogP contribution in [0.1, 0.15) is 18.2 Å². The topological polar surface area (TPSA) is 55.6 Å². The second-order valence-corrected chi connectivity index (χ2v) is 4.10. The number of nitrogens with one attached hydrogen (secondary N) is 1.